The zero-order valence-corrected chi connectivity index (χ0v) is 13.2. The van der Waals surface area contributed by atoms with Crippen LogP contribution in [0, 0.1) is 17.3 Å². The van der Waals surface area contributed by atoms with Gasteiger partial charge in [-0.05, 0) is 85.0 Å². The molecular formula is C18H23ClO2. The highest BCUT2D eigenvalue weighted by Crippen LogP contribution is 2.61. The van der Waals surface area contributed by atoms with E-state index in [1.165, 1.54) is 24.0 Å². The third-order valence-electron chi connectivity index (χ3n) is 6.74. The van der Waals surface area contributed by atoms with Crippen molar-refractivity contribution >= 4 is 11.6 Å². The largest absolute Gasteiger partial charge is 0.506 e. The van der Waals surface area contributed by atoms with Gasteiger partial charge in [0.05, 0.1) is 11.1 Å². The number of phenolic OH excluding ortho intramolecular Hbond substituents is 1. The van der Waals surface area contributed by atoms with Gasteiger partial charge in [0.25, 0.3) is 0 Å². The van der Waals surface area contributed by atoms with Gasteiger partial charge >= 0.3 is 0 Å². The summed E-state index contributed by atoms with van der Waals surface area (Å²) in [6.45, 7) is 2.30. The van der Waals surface area contributed by atoms with Gasteiger partial charge in [0.15, 0.2) is 0 Å². The van der Waals surface area contributed by atoms with Gasteiger partial charge in [-0.25, -0.2) is 0 Å². The number of aliphatic hydroxyl groups excluding tert-OH is 1. The first-order valence-electron chi connectivity index (χ1n) is 8.20. The predicted octanol–water partition coefficient (Wildman–Crippen LogP) is 4.26. The lowest BCUT2D eigenvalue weighted by Crippen LogP contribution is -2.43. The number of aliphatic hydroxyl groups is 1. The van der Waals surface area contributed by atoms with Crippen molar-refractivity contribution in [2.75, 3.05) is 0 Å². The molecule has 2 fully saturated rings. The Morgan fingerprint density at radius 3 is 2.81 bits per heavy atom. The predicted molar refractivity (Wildman–Crippen MR) is 83.7 cm³/mol. The number of hydrogen-bond acceptors (Lipinski definition) is 2. The van der Waals surface area contributed by atoms with Crippen molar-refractivity contribution < 1.29 is 10.2 Å². The minimum atomic E-state index is -0.117. The zero-order valence-electron chi connectivity index (χ0n) is 12.5. The molecule has 0 aliphatic heterocycles. The topological polar surface area (TPSA) is 40.5 Å². The summed E-state index contributed by atoms with van der Waals surface area (Å²) in [4.78, 5) is 0. The second kappa shape index (κ2) is 4.63. The number of halogens is 1. The maximum Gasteiger partial charge on any atom is 0.134 e. The van der Waals surface area contributed by atoms with E-state index in [-0.39, 0.29) is 17.3 Å². The lowest BCUT2D eigenvalue weighted by molar-refractivity contribution is -0.0226. The molecule has 1 aromatic carbocycles. The Hall–Kier alpha value is -0.730. The molecule has 114 valence electrons. The van der Waals surface area contributed by atoms with Crippen LogP contribution >= 0.6 is 11.6 Å². The Bertz CT molecular complexity index is 585. The normalized spacial score (nSPS) is 41.3. The molecule has 4 rings (SSSR count). The molecule has 2 nitrogen and oxygen atoms in total. The number of aryl methyl sites for hydroxylation is 1. The SMILES string of the molecule is C[C@]12CC[C@@H]3c4cc(Cl)c(O)cc4CC[C@H]3[C@@H]1CC[C@@H]2O. The molecule has 0 aromatic heterocycles. The fourth-order valence-corrected chi connectivity index (χ4v) is 5.73. The summed E-state index contributed by atoms with van der Waals surface area (Å²) < 4.78 is 0. The molecule has 0 bridgehead atoms. The smallest absolute Gasteiger partial charge is 0.134 e. The summed E-state index contributed by atoms with van der Waals surface area (Å²) >= 11 is 6.15. The molecule has 3 aliphatic carbocycles. The van der Waals surface area contributed by atoms with Crippen molar-refractivity contribution in [2.24, 2.45) is 17.3 Å². The average Bonchev–Trinajstić information content (AvgIpc) is 2.76. The van der Waals surface area contributed by atoms with Gasteiger partial charge in [0.1, 0.15) is 5.75 Å². The van der Waals surface area contributed by atoms with Gasteiger partial charge in [0.2, 0.25) is 0 Å². The van der Waals surface area contributed by atoms with Crippen molar-refractivity contribution in [2.45, 2.75) is 57.5 Å². The van der Waals surface area contributed by atoms with E-state index in [1.54, 1.807) is 0 Å². The molecule has 2 N–H and O–H groups in total. The fourth-order valence-electron chi connectivity index (χ4n) is 5.55. The molecule has 0 spiro atoms. The molecule has 3 heteroatoms. The van der Waals surface area contributed by atoms with Gasteiger partial charge < -0.3 is 10.2 Å². The molecule has 1 aromatic rings. The second-order valence-corrected chi connectivity index (χ2v) is 7.96. The van der Waals surface area contributed by atoms with Crippen LogP contribution in [0.5, 0.6) is 5.75 Å². The molecule has 0 radical (unpaired) electrons. The van der Waals surface area contributed by atoms with E-state index in [2.05, 4.69) is 6.92 Å². The fraction of sp³-hybridized carbons (Fsp3) is 0.667. The van der Waals surface area contributed by atoms with E-state index in [4.69, 9.17) is 11.6 Å². The zero-order chi connectivity index (χ0) is 14.8. The van der Waals surface area contributed by atoms with Crippen LogP contribution in [0.3, 0.4) is 0 Å². The molecular weight excluding hydrogens is 284 g/mol. The van der Waals surface area contributed by atoms with Gasteiger partial charge in [-0.3, -0.25) is 0 Å². The van der Waals surface area contributed by atoms with E-state index in [1.807, 2.05) is 12.1 Å². The summed E-state index contributed by atoms with van der Waals surface area (Å²) in [6, 6.07) is 3.86. The van der Waals surface area contributed by atoms with Gasteiger partial charge in [-0.15, -0.1) is 0 Å². The van der Waals surface area contributed by atoms with E-state index in [0.29, 0.717) is 22.8 Å². The maximum absolute atomic E-state index is 10.4. The summed E-state index contributed by atoms with van der Waals surface area (Å²) in [5.41, 5.74) is 2.76. The van der Waals surface area contributed by atoms with Crippen molar-refractivity contribution in [3.8, 4) is 5.75 Å². The van der Waals surface area contributed by atoms with Gasteiger partial charge in [0, 0.05) is 0 Å². The minimum absolute atomic E-state index is 0.117. The Morgan fingerprint density at radius 1 is 1.19 bits per heavy atom. The van der Waals surface area contributed by atoms with Gasteiger partial charge in [-0.2, -0.15) is 0 Å². The molecule has 0 saturated heterocycles. The van der Waals surface area contributed by atoms with Crippen molar-refractivity contribution in [3.05, 3.63) is 28.3 Å². The third kappa shape index (κ3) is 1.88. The maximum atomic E-state index is 10.4. The number of rotatable bonds is 0. The van der Waals surface area contributed by atoms with E-state index < -0.39 is 0 Å². The molecule has 21 heavy (non-hydrogen) atoms. The average molecular weight is 307 g/mol. The number of fused-ring (bicyclic) bond motifs is 5. The highest BCUT2D eigenvalue weighted by Gasteiger charge is 2.54. The summed E-state index contributed by atoms with van der Waals surface area (Å²) in [5.74, 6) is 2.10. The van der Waals surface area contributed by atoms with Crippen LogP contribution in [0.1, 0.15) is 56.1 Å². The Balaban J connectivity index is 1.73. The first-order chi connectivity index (χ1) is 10.0. The number of benzene rings is 1. The van der Waals surface area contributed by atoms with E-state index >= 15 is 0 Å². The molecule has 0 heterocycles. The van der Waals surface area contributed by atoms with Crippen molar-refractivity contribution in [1.29, 1.82) is 0 Å². The van der Waals surface area contributed by atoms with Crippen LogP contribution in [0.25, 0.3) is 0 Å². The Kier molecular flexibility index (Phi) is 3.07. The summed E-state index contributed by atoms with van der Waals surface area (Å²) in [7, 11) is 0. The standard InChI is InChI=1S/C18H23ClO2/c1-18-7-6-11-12(14(18)4-5-17(18)21)3-2-10-8-16(20)15(19)9-13(10)11/h8-9,11-12,14,17,20-21H,2-7H2,1H3/t11-,12+,14-,17-,18-/m0/s1. The first-order valence-corrected chi connectivity index (χ1v) is 8.58. The van der Waals surface area contributed by atoms with Crippen molar-refractivity contribution in [3.63, 3.8) is 0 Å². The number of hydrogen-bond donors (Lipinski definition) is 2. The monoisotopic (exact) mass is 306 g/mol. The van der Waals surface area contributed by atoms with E-state index in [9.17, 15) is 10.2 Å². The van der Waals surface area contributed by atoms with E-state index in [0.717, 1.165) is 25.7 Å². The molecule has 5 atom stereocenters. The molecule has 0 amide bonds. The first kappa shape index (κ1) is 13.9. The lowest BCUT2D eigenvalue weighted by atomic mass is 9.55. The number of phenols is 1. The van der Waals surface area contributed by atoms with Gasteiger partial charge in [-0.1, -0.05) is 18.5 Å². The summed E-state index contributed by atoms with van der Waals surface area (Å²) in [6.07, 6.45) is 6.48. The highest BCUT2D eigenvalue weighted by atomic mass is 35.5. The minimum Gasteiger partial charge on any atom is -0.506 e. The quantitative estimate of drug-likeness (QED) is 0.752. The van der Waals surface area contributed by atoms with Crippen molar-refractivity contribution in [1.82, 2.24) is 0 Å². The van der Waals surface area contributed by atoms with Crippen LogP contribution < -0.4 is 0 Å². The third-order valence-corrected chi connectivity index (χ3v) is 7.04. The molecule has 0 unspecified atom stereocenters. The number of aromatic hydroxyl groups is 1. The summed E-state index contributed by atoms with van der Waals surface area (Å²) in [5, 5.41) is 20.7. The van der Waals surface area contributed by atoms with Crippen LogP contribution in [-0.2, 0) is 6.42 Å². The second-order valence-electron chi connectivity index (χ2n) is 7.56. The van der Waals surface area contributed by atoms with Crippen LogP contribution in [0.4, 0.5) is 0 Å². The Morgan fingerprint density at radius 2 is 2.00 bits per heavy atom. The van der Waals surface area contributed by atoms with Crippen LogP contribution in [-0.4, -0.2) is 16.3 Å². The Labute approximate surface area is 131 Å². The molecule has 2 saturated carbocycles. The highest BCUT2D eigenvalue weighted by molar-refractivity contribution is 6.32. The van der Waals surface area contributed by atoms with Crippen LogP contribution in [0.2, 0.25) is 5.02 Å². The lowest BCUT2D eigenvalue weighted by Gasteiger charge is -2.50. The molecule has 3 aliphatic rings. The van der Waals surface area contributed by atoms with Crippen LogP contribution in [0.15, 0.2) is 12.1 Å².